The van der Waals surface area contributed by atoms with Gasteiger partial charge in [-0.25, -0.2) is 0 Å². The molecule has 0 saturated heterocycles. The van der Waals surface area contributed by atoms with Crippen molar-refractivity contribution in [3.05, 3.63) is 0 Å². The molecule has 0 amide bonds. The van der Waals surface area contributed by atoms with Gasteiger partial charge in [-0.15, -0.1) is 0 Å². The maximum atomic E-state index is 4.27. The summed E-state index contributed by atoms with van der Waals surface area (Å²) < 4.78 is 5.64. The molecule has 0 rings (SSSR count). The number of alkyl halides is 1. The SMILES string of the molecule is CCCI=NCC. The Morgan fingerprint density at radius 1 is 1.43 bits per heavy atom. The molecule has 0 fully saturated rings. The van der Waals surface area contributed by atoms with Gasteiger partial charge in [-0.1, -0.05) is 6.92 Å². The molecule has 0 aromatic heterocycles. The van der Waals surface area contributed by atoms with E-state index in [2.05, 4.69) is 17.0 Å². The van der Waals surface area contributed by atoms with Gasteiger partial charge in [0.05, 0.1) is 0 Å². The lowest BCUT2D eigenvalue weighted by molar-refractivity contribution is 1.13. The normalized spacial score (nSPS) is 11.7. The lowest BCUT2D eigenvalue weighted by atomic mass is 10.6. The molecule has 0 radical (unpaired) electrons. The Labute approximate surface area is 55.7 Å². The van der Waals surface area contributed by atoms with Gasteiger partial charge in [0.15, 0.2) is 0 Å². The van der Waals surface area contributed by atoms with E-state index in [0.29, 0.717) is 0 Å². The summed E-state index contributed by atoms with van der Waals surface area (Å²) >= 11 is 0.250. The Balaban J connectivity index is 2.78. The van der Waals surface area contributed by atoms with E-state index in [1.807, 2.05) is 0 Å². The second-order valence-corrected chi connectivity index (χ2v) is 3.69. The fourth-order valence-electron chi connectivity index (χ4n) is 0.229. The van der Waals surface area contributed by atoms with E-state index in [1.165, 1.54) is 10.8 Å². The third-order valence-electron chi connectivity index (χ3n) is 0.478. The first-order valence-electron chi connectivity index (χ1n) is 2.67. The molecule has 7 heavy (non-hydrogen) atoms. The van der Waals surface area contributed by atoms with Crippen molar-refractivity contribution in [3.8, 4) is 0 Å². The summed E-state index contributed by atoms with van der Waals surface area (Å²) in [6, 6.07) is 0. The second-order valence-electron chi connectivity index (χ2n) is 1.24. The number of hydrogen-bond acceptors (Lipinski definition) is 1. The van der Waals surface area contributed by atoms with Crippen LogP contribution in [0.2, 0.25) is 0 Å². The quantitative estimate of drug-likeness (QED) is 0.504. The smallest absolute Gasteiger partial charge is 0.0416 e. The summed E-state index contributed by atoms with van der Waals surface area (Å²) in [6.07, 6.45) is 1.32. The predicted octanol–water partition coefficient (Wildman–Crippen LogP) is 2.57. The fraction of sp³-hybridized carbons (Fsp3) is 1.00. The Kier molecular flexibility index (Phi) is 7.02. The summed E-state index contributed by atoms with van der Waals surface area (Å²) in [5, 5.41) is 0. The van der Waals surface area contributed by atoms with Crippen molar-refractivity contribution >= 4 is 21.0 Å². The Morgan fingerprint density at radius 2 is 2.14 bits per heavy atom. The molecule has 0 aliphatic carbocycles. The number of rotatable bonds is 3. The average molecular weight is 213 g/mol. The topological polar surface area (TPSA) is 12.4 Å². The second kappa shape index (κ2) is 6.53. The number of nitrogens with zero attached hydrogens (tertiary/aromatic N) is 1. The largest absolute Gasteiger partial charge is 0.263 e. The Hall–Kier alpha value is 0.530. The predicted molar refractivity (Wildman–Crippen MR) is 42.1 cm³/mol. The van der Waals surface area contributed by atoms with Crippen molar-refractivity contribution in [2.75, 3.05) is 11.0 Å². The van der Waals surface area contributed by atoms with Crippen LogP contribution in [0.5, 0.6) is 0 Å². The van der Waals surface area contributed by atoms with E-state index in [0.717, 1.165) is 6.54 Å². The summed E-state index contributed by atoms with van der Waals surface area (Å²) in [4.78, 5) is 0. The molecular formula is C5H12IN. The van der Waals surface area contributed by atoms with Crippen LogP contribution in [-0.2, 0) is 0 Å². The highest BCUT2D eigenvalue weighted by Gasteiger charge is 1.69. The van der Waals surface area contributed by atoms with Crippen LogP contribution in [0.1, 0.15) is 20.3 Å². The van der Waals surface area contributed by atoms with Crippen LogP contribution in [0.4, 0.5) is 0 Å². The van der Waals surface area contributed by atoms with Crippen molar-refractivity contribution in [2.45, 2.75) is 20.3 Å². The van der Waals surface area contributed by atoms with Crippen molar-refractivity contribution in [3.63, 3.8) is 0 Å². The maximum Gasteiger partial charge on any atom is 0.0416 e. The van der Waals surface area contributed by atoms with Crippen LogP contribution >= 0.6 is 21.0 Å². The van der Waals surface area contributed by atoms with E-state index in [4.69, 9.17) is 0 Å². The van der Waals surface area contributed by atoms with Gasteiger partial charge < -0.3 is 0 Å². The number of hydrogen-bond donors (Lipinski definition) is 0. The Bertz CT molecular complexity index is 52.0. The van der Waals surface area contributed by atoms with Gasteiger partial charge in [-0.3, -0.25) is 3.15 Å². The summed E-state index contributed by atoms with van der Waals surface area (Å²) in [5.74, 6) is 0. The van der Waals surface area contributed by atoms with Crippen molar-refractivity contribution < 1.29 is 0 Å². The van der Waals surface area contributed by atoms with E-state index < -0.39 is 0 Å². The van der Waals surface area contributed by atoms with Gasteiger partial charge in [0, 0.05) is 11.0 Å². The van der Waals surface area contributed by atoms with Gasteiger partial charge in [0.25, 0.3) is 0 Å². The van der Waals surface area contributed by atoms with Crippen molar-refractivity contribution in [1.82, 2.24) is 0 Å². The molecule has 0 aliphatic heterocycles. The summed E-state index contributed by atoms with van der Waals surface area (Å²) in [5.41, 5.74) is 0. The van der Waals surface area contributed by atoms with E-state index in [9.17, 15) is 0 Å². The van der Waals surface area contributed by atoms with E-state index in [-0.39, 0.29) is 21.0 Å². The van der Waals surface area contributed by atoms with Crippen LogP contribution < -0.4 is 0 Å². The summed E-state index contributed by atoms with van der Waals surface area (Å²) in [6.45, 7) is 5.35. The molecule has 0 spiro atoms. The average Bonchev–Trinajstić information content (AvgIpc) is 1.69. The first-order valence-corrected chi connectivity index (χ1v) is 5.16. The van der Waals surface area contributed by atoms with Crippen LogP contribution in [-0.4, -0.2) is 11.0 Å². The van der Waals surface area contributed by atoms with Crippen molar-refractivity contribution in [1.29, 1.82) is 0 Å². The van der Waals surface area contributed by atoms with Crippen LogP contribution in [0, 0.1) is 0 Å². The molecule has 44 valence electrons. The fourth-order valence-corrected chi connectivity index (χ4v) is 1.53. The molecule has 0 saturated carbocycles. The van der Waals surface area contributed by atoms with Gasteiger partial charge in [-0.2, -0.15) is 0 Å². The summed E-state index contributed by atoms with van der Waals surface area (Å²) in [7, 11) is 0. The minimum atomic E-state index is 0.250. The molecule has 2 heteroatoms. The van der Waals surface area contributed by atoms with Gasteiger partial charge in [0.2, 0.25) is 0 Å². The highest BCUT2D eigenvalue weighted by Crippen LogP contribution is 2.00. The molecule has 0 aromatic rings. The highest BCUT2D eigenvalue weighted by molar-refractivity contribution is 14.2. The van der Waals surface area contributed by atoms with Crippen molar-refractivity contribution in [2.24, 2.45) is 3.15 Å². The van der Waals surface area contributed by atoms with Crippen LogP contribution in [0.25, 0.3) is 0 Å². The molecule has 1 nitrogen and oxygen atoms in total. The monoisotopic (exact) mass is 213 g/mol. The number of halogens is 1. The third-order valence-corrected chi connectivity index (χ3v) is 3.20. The lowest BCUT2D eigenvalue weighted by Crippen LogP contribution is -1.62. The molecule has 0 atom stereocenters. The first kappa shape index (κ1) is 7.53. The van der Waals surface area contributed by atoms with E-state index >= 15 is 0 Å². The zero-order valence-corrected chi connectivity index (χ0v) is 7.10. The third kappa shape index (κ3) is 6.53. The Morgan fingerprint density at radius 3 is 2.57 bits per heavy atom. The van der Waals surface area contributed by atoms with E-state index in [1.54, 1.807) is 0 Å². The minimum absolute atomic E-state index is 0.250. The molecule has 0 N–H and O–H groups in total. The standard InChI is InChI=1S/C5H12IN/c1-3-5-6-7-4-2/h3-5H2,1-2H3. The molecular weight excluding hydrogens is 201 g/mol. The van der Waals surface area contributed by atoms with Gasteiger partial charge in [-0.05, 0) is 34.4 Å². The van der Waals surface area contributed by atoms with Crippen LogP contribution in [0.3, 0.4) is 0 Å². The minimum Gasteiger partial charge on any atom is -0.263 e. The zero-order chi connectivity index (χ0) is 5.54. The molecule has 0 bridgehead atoms. The molecule has 0 aliphatic rings. The molecule has 0 aromatic carbocycles. The lowest BCUT2D eigenvalue weighted by Gasteiger charge is -1.78. The maximum absolute atomic E-state index is 4.27. The zero-order valence-electron chi connectivity index (χ0n) is 4.95. The van der Waals surface area contributed by atoms with Gasteiger partial charge in [0.1, 0.15) is 0 Å². The highest BCUT2D eigenvalue weighted by atomic mass is 127. The molecule has 0 heterocycles. The first-order chi connectivity index (χ1) is 3.41. The van der Waals surface area contributed by atoms with Gasteiger partial charge >= 0.3 is 0 Å². The molecule has 0 unspecified atom stereocenters. The van der Waals surface area contributed by atoms with Crippen LogP contribution in [0.15, 0.2) is 3.15 Å².